The van der Waals surface area contributed by atoms with Crippen LogP contribution >= 0.6 is 27.7 Å². The second kappa shape index (κ2) is 5.78. The van der Waals surface area contributed by atoms with Gasteiger partial charge in [0.2, 0.25) is 0 Å². The largest absolute Gasteiger partial charge is 0.378 e. The van der Waals surface area contributed by atoms with E-state index in [1.54, 1.807) is 23.9 Å². The minimum atomic E-state index is -0.107. The minimum Gasteiger partial charge on any atom is -0.378 e. The minimum absolute atomic E-state index is 0.107. The van der Waals surface area contributed by atoms with Crippen LogP contribution in [-0.4, -0.2) is 5.75 Å². The molecule has 2 aromatic rings. The Morgan fingerprint density at radius 2 is 2.15 bits per heavy atom. The molecule has 0 bridgehead atoms. The molecular formula is C16H15BrFNS. The van der Waals surface area contributed by atoms with E-state index in [9.17, 15) is 4.39 Å². The molecule has 0 aliphatic carbocycles. The Morgan fingerprint density at radius 1 is 1.30 bits per heavy atom. The van der Waals surface area contributed by atoms with E-state index in [0.717, 1.165) is 32.8 Å². The van der Waals surface area contributed by atoms with Gasteiger partial charge in [0.1, 0.15) is 5.82 Å². The predicted molar refractivity (Wildman–Crippen MR) is 87.0 cm³/mol. The fourth-order valence-electron chi connectivity index (χ4n) is 2.47. The van der Waals surface area contributed by atoms with Gasteiger partial charge in [0.25, 0.3) is 0 Å². The number of benzene rings is 2. The van der Waals surface area contributed by atoms with Gasteiger partial charge in [-0.2, -0.15) is 0 Å². The van der Waals surface area contributed by atoms with Gasteiger partial charge in [0, 0.05) is 20.8 Å². The molecule has 1 aliphatic rings. The van der Waals surface area contributed by atoms with Crippen LogP contribution in [0.15, 0.2) is 45.8 Å². The van der Waals surface area contributed by atoms with Crippen LogP contribution in [0, 0.1) is 12.7 Å². The Kier molecular flexibility index (Phi) is 4.03. The van der Waals surface area contributed by atoms with E-state index in [4.69, 9.17) is 0 Å². The molecule has 1 aliphatic heterocycles. The highest BCUT2D eigenvalue weighted by atomic mass is 79.9. The second-order valence-corrected chi connectivity index (χ2v) is 6.97. The first kappa shape index (κ1) is 14.0. The summed E-state index contributed by atoms with van der Waals surface area (Å²) in [5.41, 5.74) is 3.37. The zero-order valence-corrected chi connectivity index (χ0v) is 13.5. The van der Waals surface area contributed by atoms with E-state index >= 15 is 0 Å². The quantitative estimate of drug-likeness (QED) is 0.761. The summed E-state index contributed by atoms with van der Waals surface area (Å²) in [7, 11) is 0. The molecule has 1 unspecified atom stereocenters. The number of hydrogen-bond donors (Lipinski definition) is 1. The molecule has 2 aromatic carbocycles. The van der Waals surface area contributed by atoms with Gasteiger partial charge in [0.05, 0.1) is 6.04 Å². The van der Waals surface area contributed by atoms with Gasteiger partial charge < -0.3 is 5.32 Å². The lowest BCUT2D eigenvalue weighted by atomic mass is 10.0. The molecule has 1 heterocycles. The molecular weight excluding hydrogens is 337 g/mol. The Hall–Kier alpha value is -1.00. The number of halogens is 2. The van der Waals surface area contributed by atoms with Crippen molar-refractivity contribution in [2.75, 3.05) is 11.1 Å². The Balaban J connectivity index is 1.94. The van der Waals surface area contributed by atoms with Crippen LogP contribution < -0.4 is 5.32 Å². The normalized spacial score (nSPS) is 17.6. The van der Waals surface area contributed by atoms with Crippen LogP contribution in [-0.2, 0) is 0 Å². The Morgan fingerprint density at radius 3 is 3.00 bits per heavy atom. The van der Waals surface area contributed by atoms with E-state index in [-0.39, 0.29) is 11.9 Å². The third-order valence-corrected chi connectivity index (χ3v) is 5.21. The van der Waals surface area contributed by atoms with Gasteiger partial charge in [-0.05, 0) is 42.7 Å². The van der Waals surface area contributed by atoms with Crippen molar-refractivity contribution in [2.45, 2.75) is 24.3 Å². The van der Waals surface area contributed by atoms with Crippen LogP contribution in [0.3, 0.4) is 0 Å². The maximum Gasteiger partial charge on any atom is 0.137 e. The topological polar surface area (TPSA) is 12.0 Å². The number of nitrogens with one attached hydrogen (secondary N) is 1. The summed E-state index contributed by atoms with van der Waals surface area (Å²) in [5, 5.41) is 3.56. The first-order chi connectivity index (χ1) is 9.65. The average molecular weight is 352 g/mol. The van der Waals surface area contributed by atoms with Crippen LogP contribution in [0.25, 0.3) is 0 Å². The first-order valence-corrected chi connectivity index (χ1v) is 8.37. The lowest BCUT2D eigenvalue weighted by Gasteiger charge is -2.27. The molecule has 0 fully saturated rings. The smallest absolute Gasteiger partial charge is 0.137 e. The van der Waals surface area contributed by atoms with E-state index in [1.807, 2.05) is 12.1 Å². The molecule has 1 N–H and O–H groups in total. The number of rotatable bonds is 2. The third kappa shape index (κ3) is 2.72. The van der Waals surface area contributed by atoms with Crippen molar-refractivity contribution in [1.29, 1.82) is 0 Å². The molecule has 0 spiro atoms. The van der Waals surface area contributed by atoms with E-state index in [2.05, 4.69) is 40.3 Å². The SMILES string of the molecule is Cc1ccc(Br)cc1NC1CCSc2c(F)cccc21. The van der Waals surface area contributed by atoms with E-state index in [1.165, 1.54) is 5.56 Å². The van der Waals surface area contributed by atoms with Crippen LogP contribution in [0.1, 0.15) is 23.6 Å². The lowest BCUT2D eigenvalue weighted by molar-refractivity contribution is 0.585. The highest BCUT2D eigenvalue weighted by Crippen LogP contribution is 2.39. The third-order valence-electron chi connectivity index (χ3n) is 3.56. The van der Waals surface area contributed by atoms with Crippen molar-refractivity contribution in [1.82, 2.24) is 0 Å². The monoisotopic (exact) mass is 351 g/mol. The fourth-order valence-corrected chi connectivity index (χ4v) is 3.98. The molecule has 3 rings (SSSR count). The molecule has 0 radical (unpaired) electrons. The van der Waals surface area contributed by atoms with Crippen molar-refractivity contribution < 1.29 is 4.39 Å². The summed E-state index contributed by atoms with van der Waals surface area (Å²) in [6, 6.07) is 11.7. The molecule has 0 saturated carbocycles. The molecule has 0 amide bonds. The number of aryl methyl sites for hydroxylation is 1. The maximum absolute atomic E-state index is 13.9. The van der Waals surface area contributed by atoms with E-state index < -0.39 is 0 Å². The van der Waals surface area contributed by atoms with Gasteiger partial charge in [-0.15, -0.1) is 11.8 Å². The summed E-state index contributed by atoms with van der Waals surface area (Å²) in [6.07, 6.45) is 1.01. The number of hydrogen-bond acceptors (Lipinski definition) is 2. The average Bonchev–Trinajstić information content (AvgIpc) is 2.44. The van der Waals surface area contributed by atoms with Crippen molar-refractivity contribution >= 4 is 33.4 Å². The zero-order valence-electron chi connectivity index (χ0n) is 11.1. The van der Waals surface area contributed by atoms with Crippen molar-refractivity contribution in [3.8, 4) is 0 Å². The molecule has 20 heavy (non-hydrogen) atoms. The summed E-state index contributed by atoms with van der Waals surface area (Å²) >= 11 is 5.11. The fraction of sp³-hybridized carbons (Fsp3) is 0.250. The molecule has 4 heteroatoms. The highest BCUT2D eigenvalue weighted by molar-refractivity contribution is 9.10. The summed E-state index contributed by atoms with van der Waals surface area (Å²) < 4.78 is 14.9. The predicted octanol–water partition coefficient (Wildman–Crippen LogP) is 5.55. The number of thioether (sulfide) groups is 1. The standard InChI is InChI=1S/C16H15BrFNS/c1-10-5-6-11(17)9-15(10)19-14-7-8-20-16-12(14)3-2-4-13(16)18/h2-6,9,14,19H,7-8H2,1H3. The first-order valence-electron chi connectivity index (χ1n) is 6.59. The van der Waals surface area contributed by atoms with Gasteiger partial charge in [-0.3, -0.25) is 0 Å². The van der Waals surface area contributed by atoms with E-state index in [0.29, 0.717) is 0 Å². The molecule has 104 valence electrons. The van der Waals surface area contributed by atoms with Crippen molar-refractivity contribution in [3.05, 3.63) is 57.8 Å². The van der Waals surface area contributed by atoms with Crippen LogP contribution in [0.2, 0.25) is 0 Å². The van der Waals surface area contributed by atoms with Gasteiger partial charge >= 0.3 is 0 Å². The molecule has 0 saturated heterocycles. The number of anilines is 1. The van der Waals surface area contributed by atoms with Crippen LogP contribution in [0.4, 0.5) is 10.1 Å². The van der Waals surface area contributed by atoms with Gasteiger partial charge in [-0.1, -0.05) is 34.1 Å². The second-order valence-electron chi connectivity index (χ2n) is 4.95. The molecule has 1 nitrogen and oxygen atoms in total. The summed E-state index contributed by atoms with van der Waals surface area (Å²) in [4.78, 5) is 0.795. The Bertz CT molecular complexity index is 644. The zero-order chi connectivity index (χ0) is 14.1. The lowest BCUT2D eigenvalue weighted by Crippen LogP contribution is -2.17. The van der Waals surface area contributed by atoms with Crippen LogP contribution in [0.5, 0.6) is 0 Å². The molecule has 0 aromatic heterocycles. The highest BCUT2D eigenvalue weighted by Gasteiger charge is 2.23. The Labute approximate surface area is 131 Å². The summed E-state index contributed by atoms with van der Waals surface area (Å²) in [6.45, 7) is 2.08. The number of fused-ring (bicyclic) bond motifs is 1. The van der Waals surface area contributed by atoms with Crippen molar-refractivity contribution in [3.63, 3.8) is 0 Å². The maximum atomic E-state index is 13.9. The van der Waals surface area contributed by atoms with Crippen molar-refractivity contribution in [2.24, 2.45) is 0 Å². The molecule has 1 atom stereocenters. The van der Waals surface area contributed by atoms with Gasteiger partial charge in [0.15, 0.2) is 0 Å². The summed E-state index contributed by atoms with van der Waals surface area (Å²) in [5.74, 6) is 0.837. The van der Waals surface area contributed by atoms with Gasteiger partial charge in [-0.25, -0.2) is 4.39 Å².